The first kappa shape index (κ1) is 19.9. The maximum absolute atomic E-state index is 12.5. The van der Waals surface area contributed by atoms with Gasteiger partial charge in [-0.15, -0.1) is 0 Å². The fraction of sp³-hybridized carbons (Fsp3) is 0.526. The number of carbonyl (C=O) groups excluding carboxylic acids is 2. The number of ether oxygens (including phenoxy) is 2. The second-order valence-corrected chi connectivity index (χ2v) is 6.34. The number of aliphatic carboxylic acids is 1. The summed E-state index contributed by atoms with van der Waals surface area (Å²) in [6.07, 6.45) is 2.15. The number of esters is 2. The van der Waals surface area contributed by atoms with Crippen molar-refractivity contribution in [2.45, 2.75) is 38.2 Å². The summed E-state index contributed by atoms with van der Waals surface area (Å²) in [4.78, 5) is 36.9. The molecule has 1 unspecified atom stereocenters. The van der Waals surface area contributed by atoms with E-state index < -0.39 is 23.5 Å². The molecule has 0 spiro atoms. The topological polar surface area (TPSA) is 102 Å². The van der Waals surface area contributed by atoms with Crippen molar-refractivity contribution >= 4 is 17.9 Å². The van der Waals surface area contributed by atoms with Crippen LogP contribution in [0.3, 0.4) is 0 Å². The molecule has 1 aromatic carbocycles. The molecule has 0 aromatic heterocycles. The minimum Gasteiger partial charge on any atom is -0.478 e. The molecule has 1 saturated heterocycles. The van der Waals surface area contributed by atoms with E-state index in [0.717, 1.165) is 25.9 Å². The first-order chi connectivity index (χ1) is 12.5. The molecule has 1 atom stereocenters. The van der Waals surface area contributed by atoms with E-state index in [-0.39, 0.29) is 24.5 Å². The predicted octanol–water partition coefficient (Wildman–Crippen LogP) is 2.01. The molecule has 1 aliphatic rings. The van der Waals surface area contributed by atoms with E-state index in [1.165, 1.54) is 12.1 Å². The van der Waals surface area contributed by atoms with Crippen molar-refractivity contribution in [3.8, 4) is 0 Å². The summed E-state index contributed by atoms with van der Waals surface area (Å²) in [6, 6.07) is 8.01. The average molecular weight is 363 g/mol. The molecule has 0 radical (unpaired) electrons. The monoisotopic (exact) mass is 363 g/mol. The number of carboxylic acids is 1. The Kier molecular flexibility index (Phi) is 7.15. The van der Waals surface area contributed by atoms with Crippen LogP contribution in [0, 0.1) is 5.92 Å². The zero-order valence-electron chi connectivity index (χ0n) is 14.9. The molecule has 0 aliphatic carbocycles. The Labute approximate surface area is 152 Å². The van der Waals surface area contributed by atoms with Gasteiger partial charge in [-0.1, -0.05) is 18.2 Å². The van der Waals surface area contributed by atoms with Gasteiger partial charge in [-0.2, -0.15) is 0 Å². The fourth-order valence-electron chi connectivity index (χ4n) is 3.05. The van der Waals surface area contributed by atoms with Crippen LogP contribution in [-0.2, 0) is 19.1 Å². The van der Waals surface area contributed by atoms with Crippen LogP contribution in [-0.4, -0.2) is 48.3 Å². The molecule has 7 nitrogen and oxygen atoms in total. The van der Waals surface area contributed by atoms with Crippen molar-refractivity contribution in [1.29, 1.82) is 0 Å². The molecule has 2 N–H and O–H groups in total. The summed E-state index contributed by atoms with van der Waals surface area (Å²) in [7, 11) is 0. The van der Waals surface area contributed by atoms with Crippen molar-refractivity contribution in [2.24, 2.45) is 5.92 Å². The van der Waals surface area contributed by atoms with Crippen molar-refractivity contribution in [2.75, 3.05) is 19.7 Å². The van der Waals surface area contributed by atoms with E-state index in [1.807, 2.05) is 0 Å². The third-order valence-electron chi connectivity index (χ3n) is 4.59. The summed E-state index contributed by atoms with van der Waals surface area (Å²) in [5.74, 6) is -3.12. The number of benzene rings is 1. The Morgan fingerprint density at radius 1 is 1.19 bits per heavy atom. The molecular weight excluding hydrogens is 338 g/mol. The lowest BCUT2D eigenvalue weighted by Gasteiger charge is -2.30. The standard InChI is InChI=1S/C19H25NO6/c1-2-25-18(24)19(17(22)23,11-8-14-9-12-20-13-10-14)26-16(21)15-6-4-3-5-7-15/h3-7,14,20H,2,8-13H2,1H3,(H,22,23). The number of carboxylic acid groups (broad SMARTS) is 1. The van der Waals surface area contributed by atoms with Crippen LogP contribution < -0.4 is 5.32 Å². The van der Waals surface area contributed by atoms with Gasteiger partial charge >= 0.3 is 23.5 Å². The number of hydrogen-bond donors (Lipinski definition) is 2. The molecule has 1 fully saturated rings. The highest BCUT2D eigenvalue weighted by Crippen LogP contribution is 2.28. The van der Waals surface area contributed by atoms with Gasteiger partial charge in [0, 0.05) is 6.42 Å². The first-order valence-corrected chi connectivity index (χ1v) is 8.89. The second kappa shape index (κ2) is 9.33. The van der Waals surface area contributed by atoms with Gasteiger partial charge in [0.25, 0.3) is 0 Å². The molecule has 1 aliphatic heterocycles. The van der Waals surface area contributed by atoms with Gasteiger partial charge in [0.1, 0.15) is 0 Å². The van der Waals surface area contributed by atoms with Crippen LogP contribution in [0.25, 0.3) is 0 Å². The van der Waals surface area contributed by atoms with Gasteiger partial charge in [-0.05, 0) is 57.3 Å². The van der Waals surface area contributed by atoms with Crippen molar-refractivity contribution in [3.05, 3.63) is 35.9 Å². The number of nitrogens with one attached hydrogen (secondary N) is 1. The van der Waals surface area contributed by atoms with Crippen LogP contribution in [0.4, 0.5) is 0 Å². The average Bonchev–Trinajstić information content (AvgIpc) is 2.66. The second-order valence-electron chi connectivity index (χ2n) is 6.34. The van der Waals surface area contributed by atoms with Crippen molar-refractivity contribution < 1.29 is 29.0 Å². The maximum Gasteiger partial charge on any atom is 0.362 e. The largest absolute Gasteiger partial charge is 0.478 e. The van der Waals surface area contributed by atoms with E-state index in [0.29, 0.717) is 6.42 Å². The summed E-state index contributed by atoms with van der Waals surface area (Å²) in [6.45, 7) is 3.29. The quantitative estimate of drug-likeness (QED) is 0.538. The lowest BCUT2D eigenvalue weighted by atomic mass is 9.87. The number of hydrogen-bond acceptors (Lipinski definition) is 6. The smallest absolute Gasteiger partial charge is 0.362 e. The lowest BCUT2D eigenvalue weighted by Crippen LogP contribution is -2.52. The molecule has 26 heavy (non-hydrogen) atoms. The summed E-state index contributed by atoms with van der Waals surface area (Å²) >= 11 is 0. The van der Waals surface area contributed by atoms with Gasteiger partial charge in [-0.3, -0.25) is 0 Å². The molecule has 1 aromatic rings. The summed E-state index contributed by atoms with van der Waals surface area (Å²) in [5, 5.41) is 13.0. The Morgan fingerprint density at radius 2 is 1.85 bits per heavy atom. The normalized spacial score (nSPS) is 17.1. The van der Waals surface area contributed by atoms with Gasteiger partial charge < -0.3 is 19.9 Å². The van der Waals surface area contributed by atoms with Crippen LogP contribution >= 0.6 is 0 Å². The van der Waals surface area contributed by atoms with Gasteiger partial charge in [0.2, 0.25) is 0 Å². The third kappa shape index (κ3) is 4.82. The molecule has 7 heteroatoms. The van der Waals surface area contributed by atoms with E-state index in [4.69, 9.17) is 9.47 Å². The first-order valence-electron chi connectivity index (χ1n) is 8.89. The van der Waals surface area contributed by atoms with Crippen molar-refractivity contribution in [3.63, 3.8) is 0 Å². The summed E-state index contributed by atoms with van der Waals surface area (Å²) in [5.41, 5.74) is -2.14. The van der Waals surface area contributed by atoms with Gasteiger partial charge in [0.05, 0.1) is 12.2 Å². The summed E-state index contributed by atoms with van der Waals surface area (Å²) < 4.78 is 10.2. The van der Waals surface area contributed by atoms with Crippen LogP contribution in [0.2, 0.25) is 0 Å². The highest BCUT2D eigenvalue weighted by molar-refractivity contribution is 6.06. The van der Waals surface area contributed by atoms with Crippen LogP contribution in [0.5, 0.6) is 0 Å². The number of rotatable bonds is 8. The Bertz CT molecular complexity index is 626. The number of carbonyl (C=O) groups is 3. The molecule has 2 rings (SSSR count). The highest BCUT2D eigenvalue weighted by atomic mass is 16.6. The van der Waals surface area contributed by atoms with E-state index in [9.17, 15) is 19.5 Å². The predicted molar refractivity (Wildman–Crippen MR) is 93.7 cm³/mol. The molecular formula is C19H25NO6. The Hall–Kier alpha value is -2.41. The molecule has 0 bridgehead atoms. The Balaban J connectivity index is 2.21. The van der Waals surface area contributed by atoms with E-state index in [2.05, 4.69) is 5.32 Å². The zero-order chi connectivity index (χ0) is 19.0. The molecule has 1 heterocycles. The SMILES string of the molecule is CCOC(=O)C(CCC1CCNCC1)(OC(=O)c1ccccc1)C(=O)O. The van der Waals surface area contributed by atoms with Gasteiger partial charge in [0.15, 0.2) is 0 Å². The minimum atomic E-state index is -2.33. The molecule has 0 saturated carbocycles. The van der Waals surface area contributed by atoms with Crippen LogP contribution in [0.1, 0.15) is 43.0 Å². The fourth-order valence-corrected chi connectivity index (χ4v) is 3.05. The lowest BCUT2D eigenvalue weighted by molar-refractivity contribution is -0.181. The Morgan fingerprint density at radius 3 is 2.42 bits per heavy atom. The molecule has 0 amide bonds. The van der Waals surface area contributed by atoms with Crippen LogP contribution in [0.15, 0.2) is 30.3 Å². The minimum absolute atomic E-state index is 0.00407. The van der Waals surface area contributed by atoms with Crippen molar-refractivity contribution in [1.82, 2.24) is 5.32 Å². The van der Waals surface area contributed by atoms with E-state index in [1.54, 1.807) is 25.1 Å². The van der Waals surface area contributed by atoms with E-state index >= 15 is 0 Å². The maximum atomic E-state index is 12.5. The number of piperidine rings is 1. The highest BCUT2D eigenvalue weighted by Gasteiger charge is 2.52. The third-order valence-corrected chi connectivity index (χ3v) is 4.59. The van der Waals surface area contributed by atoms with Gasteiger partial charge in [-0.25, -0.2) is 14.4 Å². The zero-order valence-corrected chi connectivity index (χ0v) is 14.9. The molecule has 142 valence electrons.